The van der Waals surface area contributed by atoms with E-state index in [0.29, 0.717) is 11.0 Å². The third-order valence-electron chi connectivity index (χ3n) is 4.31. The highest BCUT2D eigenvalue weighted by atomic mass is 19.4. The summed E-state index contributed by atoms with van der Waals surface area (Å²) >= 11 is 0. The molecule has 0 bridgehead atoms. The van der Waals surface area contributed by atoms with Crippen molar-refractivity contribution in [2.45, 2.75) is 45.8 Å². The van der Waals surface area contributed by atoms with Crippen LogP contribution in [0.25, 0.3) is 0 Å². The van der Waals surface area contributed by atoms with E-state index >= 15 is 0 Å². The topological polar surface area (TPSA) is 29.3 Å². The summed E-state index contributed by atoms with van der Waals surface area (Å²) < 4.78 is 38.4. The molecule has 118 valence electrons. The zero-order chi connectivity index (χ0) is 15.7. The average Bonchev–Trinajstić information content (AvgIpc) is 2.58. The molecule has 0 atom stereocenters. The summed E-state index contributed by atoms with van der Waals surface area (Å²) in [5.74, 6) is 0. The van der Waals surface area contributed by atoms with Crippen molar-refractivity contribution in [3.05, 3.63) is 29.3 Å². The number of halogens is 3. The van der Waals surface area contributed by atoms with Gasteiger partial charge >= 0.3 is 6.18 Å². The number of anilines is 1. The number of hydrogen-bond donors (Lipinski definition) is 1. The molecule has 0 aromatic heterocycles. The molecule has 1 aromatic carbocycles. The van der Waals surface area contributed by atoms with E-state index in [4.69, 9.17) is 5.73 Å². The summed E-state index contributed by atoms with van der Waals surface area (Å²) in [6.45, 7) is 6.35. The fraction of sp³-hybridized carbons (Fsp3) is 0.625. The van der Waals surface area contributed by atoms with Crippen molar-refractivity contribution in [2.75, 3.05) is 18.0 Å². The van der Waals surface area contributed by atoms with Gasteiger partial charge in [0, 0.05) is 25.3 Å². The van der Waals surface area contributed by atoms with Gasteiger partial charge in [-0.2, -0.15) is 13.2 Å². The van der Waals surface area contributed by atoms with Gasteiger partial charge in [0.1, 0.15) is 0 Å². The van der Waals surface area contributed by atoms with E-state index in [1.165, 1.54) is 6.07 Å². The standard InChI is InChI=1S/C16H23F3N2/c1-15(2)6-3-8-21(9-7-15)14-5-4-13(16(17,18)19)10-12(14)11-20/h4-5,10H,3,6-9,11,20H2,1-2H3. The van der Waals surface area contributed by atoms with Crippen LogP contribution in [0.4, 0.5) is 18.9 Å². The second kappa shape index (κ2) is 5.87. The van der Waals surface area contributed by atoms with Crippen LogP contribution in [0.15, 0.2) is 18.2 Å². The highest BCUT2D eigenvalue weighted by Crippen LogP contribution is 2.35. The van der Waals surface area contributed by atoms with Crippen molar-refractivity contribution in [3.63, 3.8) is 0 Å². The molecule has 1 heterocycles. The van der Waals surface area contributed by atoms with Crippen LogP contribution in [0.3, 0.4) is 0 Å². The first kappa shape index (κ1) is 16.1. The number of rotatable bonds is 2. The Balaban J connectivity index is 2.27. The van der Waals surface area contributed by atoms with Crippen molar-refractivity contribution in [2.24, 2.45) is 11.1 Å². The van der Waals surface area contributed by atoms with Crippen LogP contribution in [0, 0.1) is 5.41 Å². The Morgan fingerprint density at radius 3 is 2.52 bits per heavy atom. The number of hydrogen-bond acceptors (Lipinski definition) is 2. The third-order valence-corrected chi connectivity index (χ3v) is 4.31. The lowest BCUT2D eigenvalue weighted by atomic mass is 9.85. The predicted octanol–water partition coefficient (Wildman–Crippen LogP) is 4.18. The lowest BCUT2D eigenvalue weighted by molar-refractivity contribution is -0.137. The van der Waals surface area contributed by atoms with Crippen molar-refractivity contribution in [1.29, 1.82) is 0 Å². The molecular formula is C16H23F3N2. The second-order valence-electron chi connectivity index (χ2n) is 6.55. The Hall–Kier alpha value is -1.23. The fourth-order valence-corrected chi connectivity index (χ4v) is 2.90. The molecule has 1 aliphatic rings. The maximum atomic E-state index is 12.8. The maximum absolute atomic E-state index is 12.8. The van der Waals surface area contributed by atoms with Gasteiger partial charge in [-0.05, 0) is 48.4 Å². The molecule has 2 rings (SSSR count). The van der Waals surface area contributed by atoms with Gasteiger partial charge in [0.25, 0.3) is 0 Å². The van der Waals surface area contributed by atoms with Crippen LogP contribution >= 0.6 is 0 Å². The molecule has 1 fully saturated rings. The van der Waals surface area contributed by atoms with Gasteiger partial charge in [0.05, 0.1) is 5.56 Å². The van der Waals surface area contributed by atoms with Crippen molar-refractivity contribution < 1.29 is 13.2 Å². The Kier molecular flexibility index (Phi) is 4.51. The van der Waals surface area contributed by atoms with Gasteiger partial charge in [-0.15, -0.1) is 0 Å². The number of nitrogens with zero attached hydrogens (tertiary/aromatic N) is 1. The molecule has 1 aromatic rings. The van der Waals surface area contributed by atoms with Crippen molar-refractivity contribution in [3.8, 4) is 0 Å². The van der Waals surface area contributed by atoms with E-state index in [2.05, 4.69) is 18.7 Å². The van der Waals surface area contributed by atoms with E-state index in [0.717, 1.165) is 44.1 Å². The van der Waals surface area contributed by atoms with E-state index in [9.17, 15) is 13.2 Å². The molecule has 2 N–H and O–H groups in total. The van der Waals surface area contributed by atoms with Crippen LogP contribution in [-0.4, -0.2) is 13.1 Å². The van der Waals surface area contributed by atoms with E-state index in [-0.39, 0.29) is 6.54 Å². The molecule has 0 saturated carbocycles. The van der Waals surface area contributed by atoms with Crippen LogP contribution in [0.2, 0.25) is 0 Å². The van der Waals surface area contributed by atoms with Crippen LogP contribution < -0.4 is 10.6 Å². The Morgan fingerprint density at radius 1 is 1.19 bits per heavy atom. The SMILES string of the molecule is CC1(C)CCCN(c2ccc(C(F)(F)F)cc2CN)CC1. The van der Waals surface area contributed by atoms with Gasteiger partial charge in [-0.1, -0.05) is 13.8 Å². The van der Waals surface area contributed by atoms with Gasteiger partial charge < -0.3 is 10.6 Å². The molecule has 1 aliphatic heterocycles. The van der Waals surface area contributed by atoms with Gasteiger partial charge in [-0.25, -0.2) is 0 Å². The monoisotopic (exact) mass is 300 g/mol. The molecule has 0 spiro atoms. The van der Waals surface area contributed by atoms with Crippen molar-refractivity contribution >= 4 is 5.69 Å². The summed E-state index contributed by atoms with van der Waals surface area (Å²) in [5.41, 5.74) is 6.76. The third kappa shape index (κ3) is 3.90. The number of benzene rings is 1. The zero-order valence-corrected chi connectivity index (χ0v) is 12.6. The zero-order valence-electron chi connectivity index (χ0n) is 12.6. The molecule has 2 nitrogen and oxygen atoms in total. The Labute approximate surface area is 124 Å². The Bertz CT molecular complexity index is 495. The van der Waals surface area contributed by atoms with E-state index in [1.807, 2.05) is 0 Å². The molecule has 0 amide bonds. The summed E-state index contributed by atoms with van der Waals surface area (Å²) in [4.78, 5) is 2.18. The lowest BCUT2D eigenvalue weighted by Gasteiger charge is -2.27. The normalized spacial score (nSPS) is 19.4. The molecule has 21 heavy (non-hydrogen) atoms. The highest BCUT2D eigenvalue weighted by molar-refractivity contribution is 5.55. The molecule has 0 aliphatic carbocycles. The summed E-state index contributed by atoms with van der Waals surface area (Å²) in [7, 11) is 0. The average molecular weight is 300 g/mol. The molecular weight excluding hydrogens is 277 g/mol. The summed E-state index contributed by atoms with van der Waals surface area (Å²) in [5, 5.41) is 0. The fourth-order valence-electron chi connectivity index (χ4n) is 2.90. The van der Waals surface area contributed by atoms with Gasteiger partial charge in [-0.3, -0.25) is 0 Å². The van der Waals surface area contributed by atoms with E-state index < -0.39 is 11.7 Å². The first-order chi connectivity index (χ1) is 9.73. The van der Waals surface area contributed by atoms with Gasteiger partial charge in [0.15, 0.2) is 0 Å². The molecule has 0 radical (unpaired) electrons. The second-order valence-corrected chi connectivity index (χ2v) is 6.55. The first-order valence-electron chi connectivity index (χ1n) is 7.38. The van der Waals surface area contributed by atoms with Crippen LogP contribution in [-0.2, 0) is 12.7 Å². The molecule has 1 saturated heterocycles. The molecule has 0 unspecified atom stereocenters. The lowest BCUT2D eigenvalue weighted by Crippen LogP contribution is -2.26. The summed E-state index contributed by atoms with van der Waals surface area (Å²) in [6.07, 6.45) is -1.08. The van der Waals surface area contributed by atoms with Crippen LogP contribution in [0.1, 0.15) is 44.2 Å². The summed E-state index contributed by atoms with van der Waals surface area (Å²) in [6, 6.07) is 3.92. The minimum atomic E-state index is -4.32. The first-order valence-corrected chi connectivity index (χ1v) is 7.38. The largest absolute Gasteiger partial charge is 0.416 e. The number of nitrogens with two attached hydrogens (primary N) is 1. The Morgan fingerprint density at radius 2 is 1.90 bits per heavy atom. The number of alkyl halides is 3. The minimum Gasteiger partial charge on any atom is -0.371 e. The van der Waals surface area contributed by atoms with Gasteiger partial charge in [0.2, 0.25) is 0 Å². The minimum absolute atomic E-state index is 0.124. The van der Waals surface area contributed by atoms with Crippen molar-refractivity contribution in [1.82, 2.24) is 0 Å². The quantitative estimate of drug-likeness (QED) is 0.887. The highest BCUT2D eigenvalue weighted by Gasteiger charge is 2.31. The smallest absolute Gasteiger partial charge is 0.371 e. The van der Waals surface area contributed by atoms with E-state index in [1.54, 1.807) is 6.07 Å². The maximum Gasteiger partial charge on any atom is 0.416 e. The predicted molar refractivity (Wildman–Crippen MR) is 79.2 cm³/mol. The molecule has 5 heteroatoms. The van der Waals surface area contributed by atoms with Crippen LogP contribution in [0.5, 0.6) is 0 Å².